The number of amides is 2. The van der Waals surface area contributed by atoms with Gasteiger partial charge in [0.1, 0.15) is 23.1 Å². The molecule has 3 heterocycles. The van der Waals surface area contributed by atoms with Gasteiger partial charge >= 0.3 is 6.09 Å². The third-order valence-electron chi connectivity index (χ3n) is 12.0. The number of carbonyl (C=O) groups is 2. The van der Waals surface area contributed by atoms with Crippen molar-refractivity contribution in [2.45, 2.75) is 111 Å². The van der Waals surface area contributed by atoms with Crippen LogP contribution in [0.4, 0.5) is 4.79 Å². The van der Waals surface area contributed by atoms with Gasteiger partial charge in [0, 0.05) is 44.2 Å². The Morgan fingerprint density at radius 3 is 2.31 bits per heavy atom. The molecule has 0 spiro atoms. The molecule has 2 amide bonds. The van der Waals surface area contributed by atoms with Crippen LogP contribution in [0.3, 0.4) is 0 Å². The van der Waals surface area contributed by atoms with Crippen molar-refractivity contribution in [2.75, 3.05) is 33.3 Å². The summed E-state index contributed by atoms with van der Waals surface area (Å²) in [5.41, 5.74) is 3.39. The van der Waals surface area contributed by atoms with Crippen molar-refractivity contribution in [3.8, 4) is 23.7 Å². The van der Waals surface area contributed by atoms with Gasteiger partial charge in [-0.05, 0) is 112 Å². The predicted molar refractivity (Wildman–Crippen MR) is 197 cm³/mol. The van der Waals surface area contributed by atoms with Crippen LogP contribution >= 0.6 is 0 Å². The maximum Gasteiger partial charge on any atom is 0.410 e. The zero-order chi connectivity index (χ0) is 36.7. The van der Waals surface area contributed by atoms with Crippen LogP contribution in [0.15, 0.2) is 30.3 Å². The quantitative estimate of drug-likeness (QED) is 0.299. The van der Waals surface area contributed by atoms with Crippen LogP contribution < -0.4 is 4.74 Å². The van der Waals surface area contributed by atoms with E-state index in [0.29, 0.717) is 54.4 Å². The molecule has 9 nitrogen and oxygen atoms in total. The zero-order valence-electron chi connectivity index (χ0n) is 31.8. The van der Waals surface area contributed by atoms with E-state index < -0.39 is 5.60 Å². The summed E-state index contributed by atoms with van der Waals surface area (Å²) < 4.78 is 11.0. The molecule has 0 atom stereocenters. The molecule has 0 radical (unpaired) electrons. The van der Waals surface area contributed by atoms with E-state index in [1.165, 1.54) is 0 Å². The van der Waals surface area contributed by atoms with E-state index in [1.807, 2.05) is 56.0 Å². The van der Waals surface area contributed by atoms with Gasteiger partial charge in [-0.1, -0.05) is 39.7 Å². The van der Waals surface area contributed by atoms with Gasteiger partial charge in [-0.2, -0.15) is 5.26 Å². The summed E-state index contributed by atoms with van der Waals surface area (Å²) in [6.45, 7) is 18.6. The summed E-state index contributed by atoms with van der Waals surface area (Å²) in [6, 6.07) is 12.5. The minimum atomic E-state index is -0.471. The Bertz CT molecular complexity index is 1730. The fourth-order valence-corrected chi connectivity index (χ4v) is 9.88. The first-order valence-corrected chi connectivity index (χ1v) is 18.7. The molecule has 2 aliphatic heterocycles. The second-order valence-electron chi connectivity index (χ2n) is 17.2. The summed E-state index contributed by atoms with van der Waals surface area (Å²) in [4.78, 5) is 37.6. The average molecular weight is 694 g/mol. The average Bonchev–Trinajstić information content (AvgIpc) is 3.40. The Hall–Kier alpha value is -4.08. The molecule has 4 aliphatic rings. The number of nitrogens with zero attached hydrogens (tertiary/aromatic N) is 5. The number of ether oxygens (including phenoxy) is 2. The topological polar surface area (TPSA) is 99.0 Å². The lowest BCUT2D eigenvalue weighted by Gasteiger charge is -2.67. The monoisotopic (exact) mass is 693 g/mol. The number of aromatic nitrogens is 1. The fraction of sp³-hybridized carbons (Fsp3) is 0.619. The summed E-state index contributed by atoms with van der Waals surface area (Å²) in [6.07, 6.45) is 6.02. The van der Waals surface area contributed by atoms with Crippen LogP contribution in [0.2, 0.25) is 0 Å². The van der Waals surface area contributed by atoms with Crippen LogP contribution in [-0.4, -0.2) is 82.7 Å². The first-order valence-electron chi connectivity index (χ1n) is 18.7. The van der Waals surface area contributed by atoms with Crippen molar-refractivity contribution in [1.29, 1.82) is 5.26 Å². The van der Waals surface area contributed by atoms with E-state index >= 15 is 0 Å². The zero-order valence-corrected chi connectivity index (χ0v) is 31.8. The molecule has 1 aromatic carbocycles. The number of pyridine rings is 1. The van der Waals surface area contributed by atoms with E-state index in [2.05, 4.69) is 55.4 Å². The minimum Gasteiger partial charge on any atom is -0.495 e. The highest BCUT2D eigenvalue weighted by atomic mass is 16.6. The number of fused-ring (bicyclic) bond motifs is 1. The van der Waals surface area contributed by atoms with E-state index in [4.69, 9.17) is 14.5 Å². The Kier molecular flexibility index (Phi) is 10.2. The molecular formula is C42H55N5O4. The number of aryl methyl sites for hydroxylation is 1. The molecule has 0 bridgehead atoms. The minimum absolute atomic E-state index is 0.0644. The second-order valence-corrected chi connectivity index (χ2v) is 17.2. The summed E-state index contributed by atoms with van der Waals surface area (Å²) >= 11 is 0. The first-order chi connectivity index (χ1) is 24.1. The Balaban J connectivity index is 1.02. The van der Waals surface area contributed by atoms with Crippen LogP contribution in [0, 0.1) is 45.8 Å². The number of benzene rings is 1. The van der Waals surface area contributed by atoms with Gasteiger partial charge in [0.25, 0.3) is 5.91 Å². The predicted octanol–water partition coefficient (Wildman–Crippen LogP) is 7.06. The van der Waals surface area contributed by atoms with Crippen LogP contribution in [0.1, 0.15) is 113 Å². The largest absolute Gasteiger partial charge is 0.495 e. The Morgan fingerprint density at radius 1 is 1.00 bits per heavy atom. The first kappa shape index (κ1) is 36.7. The molecule has 2 aliphatic carbocycles. The van der Waals surface area contributed by atoms with Gasteiger partial charge < -0.3 is 19.3 Å². The number of piperazine rings is 1. The summed E-state index contributed by atoms with van der Waals surface area (Å²) in [7, 11) is 1.60. The smallest absolute Gasteiger partial charge is 0.410 e. The molecular weight excluding hydrogens is 638 g/mol. The molecule has 9 heteroatoms. The maximum atomic E-state index is 13.8. The van der Waals surface area contributed by atoms with Gasteiger partial charge in [-0.3, -0.25) is 9.69 Å². The number of hydrogen-bond donors (Lipinski definition) is 0. The molecule has 0 unspecified atom stereocenters. The highest BCUT2D eigenvalue weighted by molar-refractivity contribution is 5.98. The number of hydrogen-bond acceptors (Lipinski definition) is 7. The van der Waals surface area contributed by atoms with Crippen molar-refractivity contribution in [3.63, 3.8) is 0 Å². The summed E-state index contributed by atoms with van der Waals surface area (Å²) in [5, 5.41) is 9.36. The molecule has 272 valence electrons. The lowest BCUT2D eigenvalue weighted by molar-refractivity contribution is -0.170. The lowest BCUT2D eigenvalue weighted by atomic mass is 9.43. The molecule has 6 rings (SSSR count). The molecule has 2 saturated carbocycles. The molecule has 2 aromatic rings. The molecule has 1 aromatic heterocycles. The highest BCUT2D eigenvalue weighted by Crippen LogP contribution is 2.63. The molecule has 1 saturated heterocycles. The maximum absolute atomic E-state index is 13.8. The second kappa shape index (κ2) is 14.2. The van der Waals surface area contributed by atoms with E-state index in [-0.39, 0.29) is 28.9 Å². The van der Waals surface area contributed by atoms with Gasteiger partial charge in [0.2, 0.25) is 0 Å². The van der Waals surface area contributed by atoms with Gasteiger partial charge in [-0.15, -0.1) is 0 Å². The van der Waals surface area contributed by atoms with Crippen molar-refractivity contribution >= 4 is 12.0 Å². The van der Waals surface area contributed by atoms with E-state index in [9.17, 15) is 14.9 Å². The van der Waals surface area contributed by atoms with Gasteiger partial charge in [0.15, 0.2) is 0 Å². The lowest BCUT2D eigenvalue weighted by Crippen LogP contribution is -2.69. The molecule has 3 fully saturated rings. The highest BCUT2D eigenvalue weighted by Gasteiger charge is 2.64. The Morgan fingerprint density at radius 2 is 1.69 bits per heavy atom. The van der Waals surface area contributed by atoms with Crippen molar-refractivity contribution in [3.05, 3.63) is 58.4 Å². The standard InChI is InChI=1S/C42H55N5O4/c1-40(2,3)51-39(49)46-23-21-45(22-24-46)32-17-11-28(12-18-32)10-15-31-16-19-33-34(44-31)27-47(37(33)48)38-41(4,5)36(42(38,6)7)20-13-29-9-14-30(26-43)35(25-29)50-8/h9,14,16,19,25,28,32,36,38H,11-13,17-18,20-24,27H2,1-8H3. The van der Waals surface area contributed by atoms with E-state index in [0.717, 1.165) is 68.6 Å². The van der Waals surface area contributed by atoms with Crippen LogP contribution in [-0.2, 0) is 17.7 Å². The van der Waals surface area contributed by atoms with Gasteiger partial charge in [-0.25, -0.2) is 9.78 Å². The van der Waals surface area contributed by atoms with Crippen molar-refractivity contribution < 1.29 is 19.1 Å². The third kappa shape index (κ3) is 7.47. The summed E-state index contributed by atoms with van der Waals surface area (Å²) in [5.74, 6) is 8.33. The third-order valence-corrected chi connectivity index (χ3v) is 12.0. The van der Waals surface area contributed by atoms with Crippen molar-refractivity contribution in [2.24, 2.45) is 22.7 Å². The number of methoxy groups -OCH3 is 1. The number of carbonyl (C=O) groups excluding carboxylic acids is 2. The SMILES string of the molecule is COc1cc(CCC2C(C)(C)C(N3Cc4nc(C#CC5CCC(N6CCN(C(=O)OC(C)(C)C)CC6)CC5)ccc4C3=O)C2(C)C)ccc1C#N. The molecule has 51 heavy (non-hydrogen) atoms. The number of rotatable bonds is 6. The Labute approximate surface area is 304 Å². The number of nitriles is 1. The molecule has 0 N–H and O–H groups in total. The fourth-order valence-electron chi connectivity index (χ4n) is 9.88. The normalized spacial score (nSPS) is 25.6. The van der Waals surface area contributed by atoms with Crippen molar-refractivity contribution in [1.82, 2.24) is 19.7 Å². The van der Waals surface area contributed by atoms with Gasteiger partial charge in [0.05, 0.1) is 30.5 Å². The van der Waals surface area contributed by atoms with Crippen LogP contribution in [0.25, 0.3) is 0 Å². The van der Waals surface area contributed by atoms with Crippen LogP contribution in [0.5, 0.6) is 5.75 Å². The van der Waals surface area contributed by atoms with E-state index in [1.54, 1.807) is 7.11 Å².